The Morgan fingerprint density at radius 1 is 1.29 bits per heavy atom. The topological polar surface area (TPSA) is 111 Å². The van der Waals surface area contributed by atoms with Crippen molar-refractivity contribution < 1.29 is 9.72 Å². The molecular weight excluding hydrogens is 272 g/mol. The van der Waals surface area contributed by atoms with Gasteiger partial charge in [0.1, 0.15) is 11.3 Å². The van der Waals surface area contributed by atoms with Gasteiger partial charge in [0.15, 0.2) is 0 Å². The Hall–Kier alpha value is -2.96. The monoisotopic (exact) mass is 286 g/mol. The molecule has 0 atom stereocenters. The maximum Gasteiger partial charge on any atom is 0.304 e. The minimum atomic E-state index is -0.650. The quantitative estimate of drug-likeness (QED) is 0.492. The van der Waals surface area contributed by atoms with Crippen molar-refractivity contribution in [3.05, 3.63) is 64.0 Å². The molecule has 0 unspecified atom stereocenters. The number of benzene rings is 1. The summed E-state index contributed by atoms with van der Waals surface area (Å²) in [7, 11) is 0. The number of carbonyl (C=O) groups excluding carboxylic acids is 1. The number of hydrogen-bond donors (Lipinski definition) is 2. The van der Waals surface area contributed by atoms with E-state index in [2.05, 4.69) is 10.3 Å². The van der Waals surface area contributed by atoms with Gasteiger partial charge in [0.25, 0.3) is 5.91 Å². The molecule has 7 nitrogen and oxygen atoms in total. The lowest BCUT2D eigenvalue weighted by molar-refractivity contribution is -0.384. The first-order chi connectivity index (χ1) is 10.1. The van der Waals surface area contributed by atoms with Crippen molar-refractivity contribution in [2.24, 2.45) is 0 Å². The van der Waals surface area contributed by atoms with Crippen molar-refractivity contribution >= 4 is 17.3 Å². The van der Waals surface area contributed by atoms with Gasteiger partial charge in [-0.25, -0.2) is 0 Å². The minimum Gasteiger partial charge on any atom is -0.393 e. The van der Waals surface area contributed by atoms with Gasteiger partial charge in [0.2, 0.25) is 0 Å². The van der Waals surface area contributed by atoms with Crippen LogP contribution in [0.1, 0.15) is 16.1 Å². The Bertz CT molecular complexity index is 659. The normalized spacial score (nSPS) is 10.1. The number of nitro benzene ring substituents is 1. The highest BCUT2D eigenvalue weighted by Crippen LogP contribution is 2.25. The molecule has 1 aromatic heterocycles. The second-order valence-corrected chi connectivity index (χ2v) is 4.33. The highest BCUT2D eigenvalue weighted by atomic mass is 16.6. The molecule has 0 bridgehead atoms. The summed E-state index contributed by atoms with van der Waals surface area (Å²) in [4.78, 5) is 26.5. The first kappa shape index (κ1) is 14.4. The minimum absolute atomic E-state index is 0.0302. The van der Waals surface area contributed by atoms with Crippen LogP contribution in [0.4, 0.5) is 11.4 Å². The number of aromatic nitrogens is 1. The van der Waals surface area contributed by atoms with Gasteiger partial charge < -0.3 is 11.1 Å². The number of hydrogen-bond acceptors (Lipinski definition) is 5. The van der Waals surface area contributed by atoms with Gasteiger partial charge in [-0.15, -0.1) is 0 Å². The number of para-hydroxylation sites is 1. The average Bonchev–Trinajstić information content (AvgIpc) is 2.47. The van der Waals surface area contributed by atoms with Crippen LogP contribution in [0.2, 0.25) is 0 Å². The van der Waals surface area contributed by atoms with Gasteiger partial charge in [0, 0.05) is 24.9 Å². The number of nitrogens with two attached hydrogens (primary N) is 1. The fourth-order valence-corrected chi connectivity index (χ4v) is 1.89. The number of rotatable bonds is 5. The molecular formula is C14H14N4O3. The van der Waals surface area contributed by atoms with Crippen LogP contribution >= 0.6 is 0 Å². The molecule has 2 rings (SSSR count). The molecule has 108 valence electrons. The van der Waals surface area contributed by atoms with Crippen LogP contribution in [0, 0.1) is 10.1 Å². The average molecular weight is 286 g/mol. The number of nitro groups is 1. The summed E-state index contributed by atoms with van der Waals surface area (Å²) in [6.45, 7) is 0.335. The lowest BCUT2D eigenvalue weighted by atomic mass is 10.1. The Kier molecular flexibility index (Phi) is 4.45. The summed E-state index contributed by atoms with van der Waals surface area (Å²) >= 11 is 0. The fourth-order valence-electron chi connectivity index (χ4n) is 1.89. The van der Waals surface area contributed by atoms with E-state index in [9.17, 15) is 14.9 Å². The summed E-state index contributed by atoms with van der Waals surface area (Å²) in [5.74, 6) is -0.523. The predicted octanol–water partition coefficient (Wildman–Crippen LogP) is 1.54. The van der Waals surface area contributed by atoms with Crippen LogP contribution in [0.5, 0.6) is 0 Å². The smallest absolute Gasteiger partial charge is 0.304 e. The number of nitrogen functional groups attached to an aromatic ring is 1. The second-order valence-electron chi connectivity index (χ2n) is 4.33. The Morgan fingerprint density at radius 3 is 2.76 bits per heavy atom. The second kappa shape index (κ2) is 6.47. The van der Waals surface area contributed by atoms with Crippen molar-refractivity contribution in [1.82, 2.24) is 10.3 Å². The van der Waals surface area contributed by atoms with Crippen molar-refractivity contribution in [2.45, 2.75) is 6.42 Å². The SMILES string of the molecule is Nc1cccc(C(=O)NCCc2ccccn2)c1[N+](=O)[O-]. The van der Waals surface area contributed by atoms with Crippen LogP contribution in [0.3, 0.4) is 0 Å². The Labute approximate surface area is 121 Å². The summed E-state index contributed by atoms with van der Waals surface area (Å²) in [6, 6.07) is 9.78. The molecule has 1 heterocycles. The summed E-state index contributed by atoms with van der Waals surface area (Å²) in [6.07, 6.45) is 2.21. The van der Waals surface area contributed by atoms with Crippen LogP contribution in [0.25, 0.3) is 0 Å². The van der Waals surface area contributed by atoms with E-state index in [1.165, 1.54) is 18.2 Å². The van der Waals surface area contributed by atoms with Crippen molar-refractivity contribution in [1.29, 1.82) is 0 Å². The van der Waals surface area contributed by atoms with E-state index in [0.717, 1.165) is 5.69 Å². The molecule has 0 aliphatic heterocycles. The van der Waals surface area contributed by atoms with E-state index in [-0.39, 0.29) is 16.9 Å². The standard InChI is InChI=1S/C14H14N4O3/c15-12-6-3-5-11(13(12)18(20)21)14(19)17-9-7-10-4-1-2-8-16-10/h1-6,8H,7,9,15H2,(H,17,19). The molecule has 0 aliphatic rings. The number of carbonyl (C=O) groups is 1. The van der Waals surface area contributed by atoms with Crippen LogP contribution in [-0.4, -0.2) is 22.4 Å². The third kappa shape index (κ3) is 3.53. The molecule has 0 saturated carbocycles. The number of amides is 1. The zero-order valence-electron chi connectivity index (χ0n) is 11.2. The summed E-state index contributed by atoms with van der Waals surface area (Å²) in [5, 5.41) is 13.6. The van der Waals surface area contributed by atoms with Gasteiger partial charge in [0.05, 0.1) is 4.92 Å². The van der Waals surface area contributed by atoms with Gasteiger partial charge in [-0.3, -0.25) is 19.9 Å². The molecule has 7 heteroatoms. The molecule has 0 radical (unpaired) electrons. The summed E-state index contributed by atoms with van der Waals surface area (Å²) in [5.41, 5.74) is 5.94. The maximum atomic E-state index is 12.0. The zero-order valence-corrected chi connectivity index (χ0v) is 11.2. The number of nitrogens with zero attached hydrogens (tertiary/aromatic N) is 2. The van der Waals surface area contributed by atoms with Crippen LogP contribution < -0.4 is 11.1 Å². The third-order valence-electron chi connectivity index (χ3n) is 2.89. The van der Waals surface area contributed by atoms with E-state index in [0.29, 0.717) is 13.0 Å². The van der Waals surface area contributed by atoms with E-state index in [1.807, 2.05) is 12.1 Å². The van der Waals surface area contributed by atoms with Crippen molar-refractivity contribution in [3.8, 4) is 0 Å². The zero-order chi connectivity index (χ0) is 15.2. The fraction of sp³-hybridized carbons (Fsp3) is 0.143. The molecule has 0 fully saturated rings. The first-order valence-electron chi connectivity index (χ1n) is 6.30. The molecule has 1 aromatic carbocycles. The van der Waals surface area contributed by atoms with E-state index in [4.69, 9.17) is 5.73 Å². The van der Waals surface area contributed by atoms with Gasteiger partial charge in [-0.2, -0.15) is 0 Å². The van der Waals surface area contributed by atoms with Crippen LogP contribution in [0.15, 0.2) is 42.6 Å². The van der Waals surface area contributed by atoms with E-state index in [1.54, 1.807) is 12.3 Å². The van der Waals surface area contributed by atoms with E-state index < -0.39 is 10.8 Å². The third-order valence-corrected chi connectivity index (χ3v) is 2.89. The molecule has 0 aliphatic carbocycles. The van der Waals surface area contributed by atoms with E-state index >= 15 is 0 Å². The first-order valence-corrected chi connectivity index (χ1v) is 6.30. The molecule has 2 aromatic rings. The molecule has 0 saturated heterocycles. The van der Waals surface area contributed by atoms with Crippen molar-refractivity contribution in [2.75, 3.05) is 12.3 Å². The molecule has 3 N–H and O–H groups in total. The lowest BCUT2D eigenvalue weighted by Crippen LogP contribution is -2.26. The largest absolute Gasteiger partial charge is 0.393 e. The number of nitrogens with one attached hydrogen (secondary N) is 1. The molecule has 21 heavy (non-hydrogen) atoms. The highest BCUT2D eigenvalue weighted by molar-refractivity contribution is 6.00. The molecule has 0 spiro atoms. The predicted molar refractivity (Wildman–Crippen MR) is 77.8 cm³/mol. The number of anilines is 1. The van der Waals surface area contributed by atoms with Crippen molar-refractivity contribution in [3.63, 3.8) is 0 Å². The summed E-state index contributed by atoms with van der Waals surface area (Å²) < 4.78 is 0. The van der Waals surface area contributed by atoms with Gasteiger partial charge >= 0.3 is 5.69 Å². The van der Waals surface area contributed by atoms with Gasteiger partial charge in [-0.05, 0) is 24.3 Å². The number of pyridine rings is 1. The van der Waals surface area contributed by atoms with Gasteiger partial charge in [-0.1, -0.05) is 12.1 Å². The Balaban J connectivity index is 2.04. The Morgan fingerprint density at radius 2 is 2.10 bits per heavy atom. The molecule has 1 amide bonds. The lowest BCUT2D eigenvalue weighted by Gasteiger charge is -2.06. The maximum absolute atomic E-state index is 12.0. The highest BCUT2D eigenvalue weighted by Gasteiger charge is 2.22. The van der Waals surface area contributed by atoms with Crippen LogP contribution in [-0.2, 0) is 6.42 Å².